The summed E-state index contributed by atoms with van der Waals surface area (Å²) in [6, 6.07) is 0. The molecule has 0 amide bonds. The fourth-order valence-electron chi connectivity index (χ4n) is 0.269. The summed E-state index contributed by atoms with van der Waals surface area (Å²) in [5.74, 6) is 0. The summed E-state index contributed by atoms with van der Waals surface area (Å²) in [4.78, 5) is 0. The molecule has 0 fully saturated rings. The van der Waals surface area contributed by atoms with Crippen molar-refractivity contribution in [3.63, 3.8) is 0 Å². The highest BCUT2D eigenvalue weighted by molar-refractivity contribution is 4.66. The summed E-state index contributed by atoms with van der Waals surface area (Å²) in [6.45, 7) is 5.47. The molecule has 0 saturated carbocycles. The van der Waals surface area contributed by atoms with Gasteiger partial charge in [0.2, 0.25) is 0 Å². The Morgan fingerprint density at radius 3 is 2.71 bits per heavy atom. The molecule has 1 atom stereocenters. The van der Waals surface area contributed by atoms with Crippen LogP contribution in [0.15, 0.2) is 12.8 Å². The third kappa shape index (κ3) is 3.33. The van der Waals surface area contributed by atoms with E-state index in [2.05, 4.69) is 11.9 Å². The van der Waals surface area contributed by atoms with Crippen LogP contribution in [0, 0.1) is 0 Å². The number of hydrogen-bond donors (Lipinski definition) is 2. The maximum absolute atomic E-state index is 5.40. The molecule has 0 aromatic rings. The van der Waals surface area contributed by atoms with Crippen molar-refractivity contribution < 1.29 is 0 Å². The van der Waals surface area contributed by atoms with Gasteiger partial charge in [-0.3, -0.25) is 0 Å². The molecular weight excluding hydrogens is 88.1 g/mol. The second kappa shape index (κ2) is 3.68. The van der Waals surface area contributed by atoms with Crippen molar-refractivity contribution in [2.45, 2.75) is 19.5 Å². The van der Waals surface area contributed by atoms with Gasteiger partial charge in [-0.2, -0.15) is 0 Å². The summed E-state index contributed by atoms with van der Waals surface area (Å²) in [5, 5.41) is 2.84. The van der Waals surface area contributed by atoms with Gasteiger partial charge in [-0.05, 0) is 12.6 Å². The molecule has 2 heteroatoms. The van der Waals surface area contributed by atoms with Gasteiger partial charge in [0.1, 0.15) is 0 Å². The van der Waals surface area contributed by atoms with Crippen molar-refractivity contribution in [1.29, 1.82) is 0 Å². The van der Waals surface area contributed by atoms with Crippen LogP contribution in [0.3, 0.4) is 0 Å². The second-order valence-corrected chi connectivity index (χ2v) is 1.39. The number of nitrogens with two attached hydrogens (primary N) is 1. The van der Waals surface area contributed by atoms with Crippen LogP contribution in [0.4, 0.5) is 0 Å². The third-order valence-corrected chi connectivity index (χ3v) is 0.772. The Hall–Kier alpha value is -0.500. The number of nitrogens with one attached hydrogen (secondary N) is 1. The fourth-order valence-corrected chi connectivity index (χ4v) is 0.269. The first-order valence-corrected chi connectivity index (χ1v) is 2.43. The Labute approximate surface area is 44.4 Å². The van der Waals surface area contributed by atoms with Crippen LogP contribution in [-0.2, 0) is 0 Å². The molecule has 42 valence electrons. The summed E-state index contributed by atoms with van der Waals surface area (Å²) in [5.41, 5.74) is 5.40. The number of rotatable bonds is 3. The lowest BCUT2D eigenvalue weighted by atomic mass is 10.4. The Balaban J connectivity index is 2.98. The monoisotopic (exact) mass is 100 g/mol. The zero-order chi connectivity index (χ0) is 5.70. The molecule has 3 N–H and O–H groups in total. The highest BCUT2D eigenvalue weighted by atomic mass is 15.0. The van der Waals surface area contributed by atoms with E-state index in [0.29, 0.717) is 0 Å². The Morgan fingerprint density at radius 2 is 2.57 bits per heavy atom. The van der Waals surface area contributed by atoms with E-state index in [-0.39, 0.29) is 6.17 Å². The van der Waals surface area contributed by atoms with Gasteiger partial charge in [-0.15, -0.1) is 0 Å². The van der Waals surface area contributed by atoms with Gasteiger partial charge in [0.25, 0.3) is 0 Å². The van der Waals surface area contributed by atoms with E-state index >= 15 is 0 Å². The molecule has 0 bridgehead atoms. The van der Waals surface area contributed by atoms with E-state index in [1.54, 1.807) is 6.20 Å². The first kappa shape index (κ1) is 6.50. The maximum Gasteiger partial charge on any atom is 0.0735 e. The summed E-state index contributed by atoms with van der Waals surface area (Å²) in [7, 11) is 0. The van der Waals surface area contributed by atoms with Crippen molar-refractivity contribution in [3.05, 3.63) is 12.8 Å². The van der Waals surface area contributed by atoms with E-state index in [1.807, 2.05) is 6.92 Å². The van der Waals surface area contributed by atoms with Crippen LogP contribution in [0.2, 0.25) is 0 Å². The van der Waals surface area contributed by atoms with Gasteiger partial charge in [0.05, 0.1) is 6.17 Å². The molecule has 0 radical (unpaired) electrons. The van der Waals surface area contributed by atoms with Gasteiger partial charge < -0.3 is 11.1 Å². The van der Waals surface area contributed by atoms with E-state index in [9.17, 15) is 0 Å². The third-order valence-electron chi connectivity index (χ3n) is 0.772. The molecule has 0 heterocycles. The molecule has 7 heavy (non-hydrogen) atoms. The molecular formula is C5H12N2. The molecule has 0 unspecified atom stereocenters. The smallest absolute Gasteiger partial charge is 0.0735 e. The predicted octanol–water partition coefficient (Wildman–Crippen LogP) is 0.414. The minimum Gasteiger partial charge on any atom is -0.376 e. The molecule has 2 nitrogen and oxygen atoms in total. The van der Waals surface area contributed by atoms with Gasteiger partial charge in [-0.25, -0.2) is 0 Å². The van der Waals surface area contributed by atoms with Crippen molar-refractivity contribution in [2.24, 2.45) is 5.73 Å². The highest BCUT2D eigenvalue weighted by Gasteiger charge is 1.87. The standard InChI is InChI=1S/C5H12N2/c1-3-5(6)7-4-2/h4-5,7H,2-3,6H2,1H3/t5-/m1/s1. The SMILES string of the molecule is C=CN[C@@H](N)CC. The average Bonchev–Trinajstić information content (AvgIpc) is 1.68. The second-order valence-electron chi connectivity index (χ2n) is 1.39. The zero-order valence-corrected chi connectivity index (χ0v) is 4.65. The Morgan fingerprint density at radius 1 is 2.00 bits per heavy atom. The molecule has 0 rings (SSSR count). The maximum atomic E-state index is 5.40. The van der Waals surface area contributed by atoms with Gasteiger partial charge >= 0.3 is 0 Å². The van der Waals surface area contributed by atoms with Gasteiger partial charge in [0.15, 0.2) is 0 Å². The lowest BCUT2D eigenvalue weighted by Gasteiger charge is -2.05. The van der Waals surface area contributed by atoms with E-state index < -0.39 is 0 Å². The molecule has 0 aromatic heterocycles. The van der Waals surface area contributed by atoms with Crippen molar-refractivity contribution in [2.75, 3.05) is 0 Å². The van der Waals surface area contributed by atoms with Crippen molar-refractivity contribution in [3.8, 4) is 0 Å². The summed E-state index contributed by atoms with van der Waals surface area (Å²) >= 11 is 0. The number of hydrogen-bond acceptors (Lipinski definition) is 2. The van der Waals surface area contributed by atoms with E-state index in [1.165, 1.54) is 0 Å². The topological polar surface area (TPSA) is 38.0 Å². The Bertz CT molecular complexity index is 52.0. The van der Waals surface area contributed by atoms with Crippen LogP contribution in [0.25, 0.3) is 0 Å². The Kier molecular flexibility index (Phi) is 3.42. The van der Waals surface area contributed by atoms with Crippen molar-refractivity contribution >= 4 is 0 Å². The fraction of sp³-hybridized carbons (Fsp3) is 0.600. The largest absolute Gasteiger partial charge is 0.376 e. The van der Waals surface area contributed by atoms with E-state index in [0.717, 1.165) is 6.42 Å². The van der Waals surface area contributed by atoms with Crippen LogP contribution < -0.4 is 11.1 Å². The quantitative estimate of drug-likeness (QED) is 0.504. The summed E-state index contributed by atoms with van der Waals surface area (Å²) in [6.07, 6.45) is 2.62. The molecule has 0 aliphatic carbocycles. The van der Waals surface area contributed by atoms with Crippen LogP contribution in [-0.4, -0.2) is 6.17 Å². The molecule has 0 aliphatic rings. The van der Waals surface area contributed by atoms with Gasteiger partial charge in [-0.1, -0.05) is 13.5 Å². The summed E-state index contributed by atoms with van der Waals surface area (Å²) < 4.78 is 0. The van der Waals surface area contributed by atoms with Gasteiger partial charge in [0, 0.05) is 0 Å². The van der Waals surface area contributed by atoms with E-state index in [4.69, 9.17) is 5.73 Å². The zero-order valence-electron chi connectivity index (χ0n) is 4.65. The molecule has 0 saturated heterocycles. The minimum atomic E-state index is 0.0810. The van der Waals surface area contributed by atoms with Crippen molar-refractivity contribution in [1.82, 2.24) is 5.32 Å². The predicted molar refractivity (Wildman–Crippen MR) is 31.6 cm³/mol. The lowest BCUT2D eigenvalue weighted by molar-refractivity contribution is 0.592. The average molecular weight is 100 g/mol. The first-order valence-electron chi connectivity index (χ1n) is 2.43. The van der Waals surface area contributed by atoms with Crippen LogP contribution >= 0.6 is 0 Å². The highest BCUT2D eigenvalue weighted by Crippen LogP contribution is 1.76. The minimum absolute atomic E-state index is 0.0810. The molecule has 0 aliphatic heterocycles. The first-order chi connectivity index (χ1) is 3.31. The molecule has 0 aromatic carbocycles. The molecule has 0 spiro atoms. The lowest BCUT2D eigenvalue weighted by Crippen LogP contribution is -2.32. The normalized spacial score (nSPS) is 12.9. The van der Waals surface area contributed by atoms with Crippen LogP contribution in [0.1, 0.15) is 13.3 Å². The van der Waals surface area contributed by atoms with Crippen LogP contribution in [0.5, 0.6) is 0 Å².